The molecule has 0 radical (unpaired) electrons. The van der Waals surface area contributed by atoms with Crippen LogP contribution in [-0.2, 0) is 5.41 Å². The average Bonchev–Trinajstić information content (AvgIpc) is 3.35. The van der Waals surface area contributed by atoms with Crippen LogP contribution in [0.25, 0.3) is 38.6 Å². The van der Waals surface area contributed by atoms with E-state index in [1.165, 1.54) is 49.7 Å². The van der Waals surface area contributed by atoms with Crippen LogP contribution in [0.4, 0.5) is 11.4 Å². The van der Waals surface area contributed by atoms with Gasteiger partial charge in [-0.2, -0.15) is 0 Å². The van der Waals surface area contributed by atoms with Crippen molar-refractivity contribution in [2.24, 2.45) is 0 Å². The fourth-order valence-electron chi connectivity index (χ4n) is 5.90. The van der Waals surface area contributed by atoms with Crippen LogP contribution in [0, 0.1) is 0 Å². The summed E-state index contributed by atoms with van der Waals surface area (Å²) in [6, 6.07) is 41.5. The highest BCUT2D eigenvalue weighted by molar-refractivity contribution is 6.13. The fourth-order valence-corrected chi connectivity index (χ4v) is 5.90. The Kier molecular flexibility index (Phi) is 4.22. The number of para-hydroxylation sites is 3. The third-order valence-corrected chi connectivity index (χ3v) is 7.57. The summed E-state index contributed by atoms with van der Waals surface area (Å²) in [6.45, 7) is 4.66. The van der Waals surface area contributed by atoms with Crippen molar-refractivity contribution >= 4 is 33.2 Å². The molecule has 2 nitrogen and oxygen atoms in total. The second-order valence-corrected chi connectivity index (χ2v) is 9.95. The van der Waals surface area contributed by atoms with E-state index in [1.54, 1.807) is 0 Å². The smallest absolute Gasteiger partial charge is 0.0776 e. The van der Waals surface area contributed by atoms with Gasteiger partial charge in [-0.05, 0) is 58.7 Å². The molecule has 1 aliphatic rings. The summed E-state index contributed by atoms with van der Waals surface area (Å²) in [7, 11) is 0. The summed E-state index contributed by atoms with van der Waals surface area (Å²) in [6.07, 6.45) is 0. The lowest BCUT2D eigenvalue weighted by Gasteiger charge is -2.22. The number of hydrogen-bond donors (Lipinski definition) is 1. The summed E-state index contributed by atoms with van der Waals surface area (Å²) in [5.74, 6) is 0. The van der Waals surface area contributed by atoms with Crippen LogP contribution in [0.1, 0.15) is 25.0 Å². The Labute approximate surface area is 205 Å². The Balaban J connectivity index is 1.42. The number of hydrogen-bond acceptors (Lipinski definition) is 1. The van der Waals surface area contributed by atoms with Gasteiger partial charge in [-0.25, -0.2) is 0 Å². The first-order chi connectivity index (χ1) is 17.1. The van der Waals surface area contributed by atoms with Gasteiger partial charge in [0.2, 0.25) is 0 Å². The van der Waals surface area contributed by atoms with Gasteiger partial charge in [-0.3, -0.25) is 0 Å². The highest BCUT2D eigenvalue weighted by Crippen LogP contribution is 2.49. The fraction of sp³-hybridized carbons (Fsp3) is 0.0909. The zero-order valence-corrected chi connectivity index (χ0v) is 19.9. The zero-order chi connectivity index (χ0) is 23.6. The van der Waals surface area contributed by atoms with Crippen molar-refractivity contribution < 1.29 is 0 Å². The second-order valence-electron chi connectivity index (χ2n) is 9.95. The van der Waals surface area contributed by atoms with Crippen LogP contribution in [0.3, 0.4) is 0 Å². The van der Waals surface area contributed by atoms with Crippen molar-refractivity contribution in [3.8, 4) is 16.8 Å². The number of fused-ring (bicyclic) bond motifs is 6. The summed E-state index contributed by atoms with van der Waals surface area (Å²) < 4.78 is 2.38. The Morgan fingerprint density at radius 3 is 2.20 bits per heavy atom. The van der Waals surface area contributed by atoms with Gasteiger partial charge in [-0.15, -0.1) is 0 Å². The van der Waals surface area contributed by atoms with Crippen molar-refractivity contribution in [1.82, 2.24) is 4.57 Å². The van der Waals surface area contributed by atoms with Crippen LogP contribution in [0.2, 0.25) is 0 Å². The molecule has 35 heavy (non-hydrogen) atoms. The summed E-state index contributed by atoms with van der Waals surface area (Å²) in [5, 5.41) is 6.31. The van der Waals surface area contributed by atoms with E-state index in [9.17, 15) is 0 Å². The van der Waals surface area contributed by atoms with E-state index in [0.29, 0.717) is 0 Å². The topological polar surface area (TPSA) is 17.0 Å². The molecular weight excluding hydrogens is 424 g/mol. The molecule has 1 aliphatic carbocycles. The number of anilines is 2. The minimum Gasteiger partial charge on any atom is -0.354 e. The van der Waals surface area contributed by atoms with E-state index in [1.807, 2.05) is 0 Å². The molecule has 0 amide bonds. The Morgan fingerprint density at radius 1 is 0.600 bits per heavy atom. The molecule has 0 saturated carbocycles. The third kappa shape index (κ3) is 2.90. The van der Waals surface area contributed by atoms with Crippen molar-refractivity contribution in [1.29, 1.82) is 0 Å². The van der Waals surface area contributed by atoms with Crippen LogP contribution in [0.5, 0.6) is 0 Å². The van der Waals surface area contributed by atoms with Gasteiger partial charge in [0.05, 0.1) is 16.7 Å². The quantitative estimate of drug-likeness (QED) is 0.285. The molecule has 168 valence electrons. The van der Waals surface area contributed by atoms with E-state index in [0.717, 1.165) is 11.4 Å². The van der Waals surface area contributed by atoms with Gasteiger partial charge in [-0.1, -0.05) is 92.7 Å². The Hall–Kier alpha value is -4.30. The SMILES string of the molecule is CC1(C)c2ccccc2-c2ccc(Nc3cccc4c5ccccc5n(-c5ccccc5)c34)cc21. The van der Waals surface area contributed by atoms with E-state index in [2.05, 4.69) is 139 Å². The maximum absolute atomic E-state index is 3.79. The monoisotopic (exact) mass is 450 g/mol. The predicted molar refractivity (Wildman–Crippen MR) is 148 cm³/mol. The van der Waals surface area contributed by atoms with Crippen molar-refractivity contribution in [3.05, 3.63) is 126 Å². The Bertz CT molecular complexity index is 1740. The second kappa shape index (κ2) is 7.35. The number of aromatic nitrogens is 1. The highest BCUT2D eigenvalue weighted by atomic mass is 15.0. The van der Waals surface area contributed by atoms with Crippen LogP contribution >= 0.6 is 0 Å². The van der Waals surface area contributed by atoms with Crippen molar-refractivity contribution in [3.63, 3.8) is 0 Å². The molecule has 5 aromatic carbocycles. The lowest BCUT2D eigenvalue weighted by atomic mass is 9.82. The molecule has 0 bridgehead atoms. The molecule has 7 rings (SSSR count). The standard InChI is InChI=1S/C33H26N2/c1-33(2)28-16-8-6-13-24(28)25-20-19-22(21-29(25)33)34-30-17-10-15-27-26-14-7-9-18-31(26)35(32(27)30)23-11-4-3-5-12-23/h3-21,34H,1-2H3. The molecule has 0 aliphatic heterocycles. The number of nitrogens with zero attached hydrogens (tertiary/aromatic N) is 1. The van der Waals surface area contributed by atoms with E-state index in [-0.39, 0.29) is 5.41 Å². The third-order valence-electron chi connectivity index (χ3n) is 7.57. The lowest BCUT2D eigenvalue weighted by molar-refractivity contribution is 0.660. The van der Waals surface area contributed by atoms with E-state index < -0.39 is 0 Å². The molecule has 6 aromatic rings. The maximum atomic E-state index is 3.79. The van der Waals surface area contributed by atoms with Crippen LogP contribution in [-0.4, -0.2) is 4.57 Å². The molecule has 0 saturated heterocycles. The molecule has 2 heteroatoms. The normalized spacial score (nSPS) is 13.7. The largest absolute Gasteiger partial charge is 0.354 e. The van der Waals surface area contributed by atoms with Gasteiger partial charge in [0.1, 0.15) is 0 Å². The molecule has 0 atom stereocenters. The van der Waals surface area contributed by atoms with Gasteiger partial charge < -0.3 is 9.88 Å². The average molecular weight is 451 g/mol. The molecule has 1 heterocycles. The summed E-state index contributed by atoms with van der Waals surface area (Å²) >= 11 is 0. The maximum Gasteiger partial charge on any atom is 0.0776 e. The molecule has 0 spiro atoms. The van der Waals surface area contributed by atoms with Crippen molar-refractivity contribution in [2.75, 3.05) is 5.32 Å². The number of nitrogens with one attached hydrogen (secondary N) is 1. The minimum absolute atomic E-state index is 0.0193. The van der Waals surface area contributed by atoms with Gasteiger partial charge in [0.25, 0.3) is 0 Å². The first kappa shape index (κ1) is 20.1. The Morgan fingerprint density at radius 2 is 1.31 bits per heavy atom. The highest BCUT2D eigenvalue weighted by Gasteiger charge is 2.35. The molecule has 1 N–H and O–H groups in total. The molecule has 1 aromatic heterocycles. The summed E-state index contributed by atoms with van der Waals surface area (Å²) in [4.78, 5) is 0. The van der Waals surface area contributed by atoms with E-state index in [4.69, 9.17) is 0 Å². The first-order valence-electron chi connectivity index (χ1n) is 12.2. The van der Waals surface area contributed by atoms with Crippen LogP contribution in [0.15, 0.2) is 115 Å². The van der Waals surface area contributed by atoms with Gasteiger partial charge in [0, 0.05) is 27.6 Å². The minimum atomic E-state index is -0.0193. The predicted octanol–water partition coefficient (Wildman–Crippen LogP) is 8.83. The molecule has 0 fully saturated rings. The number of benzene rings is 5. The van der Waals surface area contributed by atoms with Crippen LogP contribution < -0.4 is 5.32 Å². The number of rotatable bonds is 3. The zero-order valence-electron chi connectivity index (χ0n) is 19.9. The first-order valence-corrected chi connectivity index (χ1v) is 12.2. The molecule has 0 unspecified atom stereocenters. The lowest BCUT2D eigenvalue weighted by Crippen LogP contribution is -2.15. The van der Waals surface area contributed by atoms with E-state index >= 15 is 0 Å². The van der Waals surface area contributed by atoms with Gasteiger partial charge in [0.15, 0.2) is 0 Å². The van der Waals surface area contributed by atoms with Gasteiger partial charge >= 0.3 is 0 Å². The molecular formula is C33H26N2. The summed E-state index contributed by atoms with van der Waals surface area (Å²) in [5.41, 5.74) is 11.2. The van der Waals surface area contributed by atoms with Crippen molar-refractivity contribution in [2.45, 2.75) is 19.3 Å².